The standard InChI is InChI=1S/C16H19ClN2O3S/c1-5-22-16(21)13-9(2)14(18-10(13)3)15(20)19(4)8-11-6-7-12(17)23-11/h6-7,18H,5,8H2,1-4H3. The monoisotopic (exact) mass is 354 g/mol. The van der Waals surface area contributed by atoms with Crippen LogP contribution in [-0.4, -0.2) is 35.4 Å². The number of halogens is 1. The number of amides is 1. The van der Waals surface area contributed by atoms with E-state index < -0.39 is 5.97 Å². The molecule has 7 heteroatoms. The zero-order chi connectivity index (χ0) is 17.1. The van der Waals surface area contributed by atoms with E-state index in [0.29, 0.717) is 40.0 Å². The lowest BCUT2D eigenvalue weighted by Crippen LogP contribution is -2.26. The maximum Gasteiger partial charge on any atom is 0.340 e. The Bertz CT molecular complexity index is 736. The van der Waals surface area contributed by atoms with Crippen molar-refractivity contribution < 1.29 is 14.3 Å². The predicted octanol–water partition coefficient (Wildman–Crippen LogP) is 3.80. The van der Waals surface area contributed by atoms with Crippen molar-refractivity contribution >= 4 is 34.8 Å². The molecule has 0 aliphatic carbocycles. The van der Waals surface area contributed by atoms with Crippen molar-refractivity contribution in [2.24, 2.45) is 0 Å². The van der Waals surface area contributed by atoms with Gasteiger partial charge in [0.15, 0.2) is 0 Å². The molecule has 0 fully saturated rings. The van der Waals surface area contributed by atoms with Crippen molar-refractivity contribution in [1.82, 2.24) is 9.88 Å². The number of nitrogens with zero attached hydrogens (tertiary/aromatic N) is 1. The summed E-state index contributed by atoms with van der Waals surface area (Å²) >= 11 is 7.35. The number of carbonyl (C=O) groups is 2. The van der Waals surface area contributed by atoms with E-state index in [1.54, 1.807) is 32.7 Å². The van der Waals surface area contributed by atoms with E-state index in [2.05, 4.69) is 4.98 Å². The normalized spacial score (nSPS) is 10.7. The Labute approximate surface area is 144 Å². The molecule has 0 saturated heterocycles. The summed E-state index contributed by atoms with van der Waals surface area (Å²) in [6, 6.07) is 3.70. The molecule has 2 rings (SSSR count). The van der Waals surface area contributed by atoms with Gasteiger partial charge in [-0.2, -0.15) is 0 Å². The highest BCUT2D eigenvalue weighted by Gasteiger charge is 2.24. The molecule has 1 N–H and O–H groups in total. The molecule has 2 aromatic rings. The smallest absolute Gasteiger partial charge is 0.340 e. The lowest BCUT2D eigenvalue weighted by atomic mass is 10.1. The summed E-state index contributed by atoms with van der Waals surface area (Å²) in [5.74, 6) is -0.587. The summed E-state index contributed by atoms with van der Waals surface area (Å²) in [6.45, 7) is 6.02. The second-order valence-corrected chi connectivity index (χ2v) is 7.01. The number of carbonyl (C=O) groups excluding carboxylic acids is 2. The fraction of sp³-hybridized carbons (Fsp3) is 0.375. The highest BCUT2D eigenvalue weighted by Crippen LogP contribution is 2.24. The first-order chi connectivity index (χ1) is 10.8. The van der Waals surface area contributed by atoms with Crippen LogP contribution in [0.15, 0.2) is 12.1 Å². The third kappa shape index (κ3) is 3.76. The van der Waals surface area contributed by atoms with Crippen molar-refractivity contribution in [3.8, 4) is 0 Å². The minimum atomic E-state index is -0.412. The maximum absolute atomic E-state index is 12.6. The van der Waals surface area contributed by atoms with E-state index in [0.717, 1.165) is 4.88 Å². The lowest BCUT2D eigenvalue weighted by Gasteiger charge is -2.16. The van der Waals surface area contributed by atoms with Gasteiger partial charge in [0.1, 0.15) is 5.69 Å². The van der Waals surface area contributed by atoms with E-state index in [1.165, 1.54) is 11.3 Å². The van der Waals surface area contributed by atoms with Gasteiger partial charge in [-0.25, -0.2) is 4.79 Å². The van der Waals surface area contributed by atoms with Gasteiger partial charge in [0, 0.05) is 17.6 Å². The average Bonchev–Trinajstić information content (AvgIpc) is 3.01. The van der Waals surface area contributed by atoms with Gasteiger partial charge < -0.3 is 14.6 Å². The highest BCUT2D eigenvalue weighted by atomic mass is 35.5. The zero-order valence-corrected chi connectivity index (χ0v) is 15.1. The zero-order valence-electron chi connectivity index (χ0n) is 13.5. The minimum absolute atomic E-state index is 0.175. The van der Waals surface area contributed by atoms with E-state index >= 15 is 0 Å². The molecule has 5 nitrogen and oxygen atoms in total. The maximum atomic E-state index is 12.6. The molecule has 0 aromatic carbocycles. The largest absolute Gasteiger partial charge is 0.462 e. The molecule has 0 radical (unpaired) electrons. The molecular weight excluding hydrogens is 336 g/mol. The van der Waals surface area contributed by atoms with Crippen molar-refractivity contribution in [2.45, 2.75) is 27.3 Å². The quantitative estimate of drug-likeness (QED) is 0.831. The molecule has 1 amide bonds. The summed E-state index contributed by atoms with van der Waals surface area (Å²) in [5, 5.41) is 0. The van der Waals surface area contributed by atoms with Crippen LogP contribution < -0.4 is 0 Å². The third-order valence-corrected chi connectivity index (χ3v) is 4.72. The number of aromatic nitrogens is 1. The van der Waals surface area contributed by atoms with Gasteiger partial charge in [-0.05, 0) is 38.5 Å². The van der Waals surface area contributed by atoms with Gasteiger partial charge in [-0.15, -0.1) is 11.3 Å². The number of esters is 1. The number of aromatic amines is 1. The molecule has 0 atom stereocenters. The first kappa shape index (κ1) is 17.6. The summed E-state index contributed by atoms with van der Waals surface area (Å²) in [5.41, 5.74) is 2.09. The van der Waals surface area contributed by atoms with E-state index in [1.807, 2.05) is 12.1 Å². The van der Waals surface area contributed by atoms with Crippen LogP contribution in [0.1, 0.15) is 43.9 Å². The van der Waals surface area contributed by atoms with Gasteiger partial charge in [0.05, 0.1) is 23.1 Å². The average molecular weight is 355 g/mol. The van der Waals surface area contributed by atoms with Gasteiger partial charge >= 0.3 is 5.97 Å². The Morgan fingerprint density at radius 3 is 2.61 bits per heavy atom. The number of thiophene rings is 1. The molecule has 0 aliphatic heterocycles. The first-order valence-electron chi connectivity index (χ1n) is 7.21. The second-order valence-electron chi connectivity index (χ2n) is 5.21. The molecule has 0 spiro atoms. The van der Waals surface area contributed by atoms with Crippen molar-refractivity contribution in [3.05, 3.63) is 43.9 Å². The lowest BCUT2D eigenvalue weighted by molar-refractivity contribution is 0.0525. The summed E-state index contributed by atoms with van der Waals surface area (Å²) in [7, 11) is 1.72. The number of hydrogen-bond donors (Lipinski definition) is 1. The molecule has 0 saturated carbocycles. The number of ether oxygens (including phenoxy) is 1. The fourth-order valence-corrected chi connectivity index (χ4v) is 3.55. The second kappa shape index (κ2) is 7.19. The Balaban J connectivity index is 2.22. The predicted molar refractivity (Wildman–Crippen MR) is 91.3 cm³/mol. The molecule has 0 unspecified atom stereocenters. The van der Waals surface area contributed by atoms with Crippen LogP contribution in [-0.2, 0) is 11.3 Å². The highest BCUT2D eigenvalue weighted by molar-refractivity contribution is 7.16. The van der Waals surface area contributed by atoms with Crippen LogP contribution in [0.25, 0.3) is 0 Å². The van der Waals surface area contributed by atoms with Gasteiger partial charge in [-0.1, -0.05) is 11.6 Å². The number of H-pyrrole nitrogens is 1. The topological polar surface area (TPSA) is 62.4 Å². The molecule has 124 valence electrons. The van der Waals surface area contributed by atoms with Crippen LogP contribution in [0.5, 0.6) is 0 Å². The van der Waals surface area contributed by atoms with E-state index in [9.17, 15) is 9.59 Å². The van der Waals surface area contributed by atoms with Crippen LogP contribution in [0.4, 0.5) is 0 Å². The molecular formula is C16H19ClN2O3S. The van der Waals surface area contributed by atoms with Crippen LogP contribution >= 0.6 is 22.9 Å². The van der Waals surface area contributed by atoms with Crippen molar-refractivity contribution in [2.75, 3.05) is 13.7 Å². The minimum Gasteiger partial charge on any atom is -0.462 e. The SMILES string of the molecule is CCOC(=O)c1c(C)[nH]c(C(=O)N(C)Cc2ccc(Cl)s2)c1C. The molecule has 2 aromatic heterocycles. The van der Waals surface area contributed by atoms with Crippen molar-refractivity contribution in [1.29, 1.82) is 0 Å². The van der Waals surface area contributed by atoms with Gasteiger partial charge in [0.25, 0.3) is 5.91 Å². The Morgan fingerprint density at radius 1 is 1.35 bits per heavy atom. The summed E-state index contributed by atoms with van der Waals surface area (Å²) in [4.78, 5) is 30.2. The molecule has 0 aliphatic rings. The fourth-order valence-electron chi connectivity index (χ4n) is 2.41. The summed E-state index contributed by atoms with van der Waals surface area (Å²) in [6.07, 6.45) is 0. The van der Waals surface area contributed by atoms with Crippen LogP contribution in [0, 0.1) is 13.8 Å². The summed E-state index contributed by atoms with van der Waals surface area (Å²) < 4.78 is 5.74. The number of nitrogens with one attached hydrogen (secondary N) is 1. The van der Waals surface area contributed by atoms with Crippen molar-refractivity contribution in [3.63, 3.8) is 0 Å². The Kier molecular flexibility index (Phi) is 5.49. The Hall–Kier alpha value is -1.79. The third-order valence-electron chi connectivity index (χ3n) is 3.50. The molecule has 0 bridgehead atoms. The number of aryl methyl sites for hydroxylation is 1. The van der Waals surface area contributed by atoms with E-state index in [4.69, 9.17) is 16.3 Å². The van der Waals surface area contributed by atoms with Gasteiger partial charge in [-0.3, -0.25) is 4.79 Å². The Morgan fingerprint density at radius 2 is 2.04 bits per heavy atom. The molecule has 2 heterocycles. The van der Waals surface area contributed by atoms with Gasteiger partial charge in [0.2, 0.25) is 0 Å². The van der Waals surface area contributed by atoms with Crippen LogP contribution in [0.2, 0.25) is 4.34 Å². The first-order valence-corrected chi connectivity index (χ1v) is 8.40. The molecule has 23 heavy (non-hydrogen) atoms. The van der Waals surface area contributed by atoms with Crippen LogP contribution in [0.3, 0.4) is 0 Å². The number of hydrogen-bond acceptors (Lipinski definition) is 4. The van der Waals surface area contributed by atoms with E-state index in [-0.39, 0.29) is 5.91 Å². The number of rotatable bonds is 5.